The van der Waals surface area contributed by atoms with E-state index in [-0.39, 0.29) is 22.5 Å². The number of nitrogens with one attached hydrogen (secondary N) is 1. The minimum atomic E-state index is -0.428. The van der Waals surface area contributed by atoms with Gasteiger partial charge in [0.25, 0.3) is 5.91 Å². The van der Waals surface area contributed by atoms with Crippen molar-refractivity contribution in [3.8, 4) is 0 Å². The quantitative estimate of drug-likeness (QED) is 0.806. The minimum absolute atomic E-state index is 0.248. The third-order valence-electron chi connectivity index (χ3n) is 2.53. The maximum absolute atomic E-state index is 13.2. The summed E-state index contributed by atoms with van der Waals surface area (Å²) in [5.74, 6) is -0.786. The molecule has 0 aliphatic rings. The van der Waals surface area contributed by atoms with Gasteiger partial charge < -0.3 is 11.1 Å². The predicted molar refractivity (Wildman–Crippen MR) is 74.1 cm³/mol. The molecule has 1 aromatic rings. The van der Waals surface area contributed by atoms with Crippen molar-refractivity contribution < 1.29 is 9.18 Å². The van der Waals surface area contributed by atoms with Crippen LogP contribution in [-0.4, -0.2) is 16.9 Å². The number of carbonyl (C=O) groups excluding carboxylic acids is 1. The number of amides is 1. The lowest BCUT2D eigenvalue weighted by Crippen LogP contribution is -2.43. The average molecular weight is 268 g/mol. The van der Waals surface area contributed by atoms with Gasteiger partial charge in [0.05, 0.1) is 11.0 Å². The fourth-order valence-electron chi connectivity index (χ4n) is 1.68. The fourth-order valence-corrected chi connectivity index (χ4v) is 1.86. The molecular formula is C13H17FN2OS. The van der Waals surface area contributed by atoms with Crippen molar-refractivity contribution in [2.24, 2.45) is 5.73 Å². The number of carbonyl (C=O) groups is 1. The van der Waals surface area contributed by atoms with Crippen molar-refractivity contribution in [3.05, 3.63) is 35.1 Å². The van der Waals surface area contributed by atoms with Crippen molar-refractivity contribution in [2.45, 2.75) is 32.7 Å². The molecule has 0 spiro atoms. The molecule has 3 N–H and O–H groups in total. The molecule has 1 aromatic carbocycles. The monoisotopic (exact) mass is 268 g/mol. The van der Waals surface area contributed by atoms with E-state index in [0.29, 0.717) is 12.0 Å². The maximum Gasteiger partial charge on any atom is 0.251 e. The smallest absolute Gasteiger partial charge is 0.251 e. The van der Waals surface area contributed by atoms with Crippen LogP contribution in [0.15, 0.2) is 18.2 Å². The van der Waals surface area contributed by atoms with E-state index in [1.54, 1.807) is 13.0 Å². The van der Waals surface area contributed by atoms with Crippen LogP contribution in [0, 0.1) is 12.7 Å². The highest BCUT2D eigenvalue weighted by Gasteiger charge is 2.16. The zero-order chi connectivity index (χ0) is 13.7. The molecule has 1 unspecified atom stereocenters. The topological polar surface area (TPSA) is 55.1 Å². The number of rotatable bonds is 5. The molecule has 98 valence electrons. The van der Waals surface area contributed by atoms with E-state index >= 15 is 0 Å². The highest BCUT2D eigenvalue weighted by atomic mass is 32.1. The predicted octanol–water partition coefficient (Wildman–Crippen LogP) is 2.32. The van der Waals surface area contributed by atoms with Crippen molar-refractivity contribution in [1.82, 2.24) is 5.32 Å². The molecule has 0 fully saturated rings. The summed E-state index contributed by atoms with van der Waals surface area (Å²) >= 11 is 4.89. The maximum atomic E-state index is 13.2. The summed E-state index contributed by atoms with van der Waals surface area (Å²) in [4.78, 5) is 12.2. The van der Waals surface area contributed by atoms with Crippen LogP contribution in [0.3, 0.4) is 0 Å². The number of aryl methyl sites for hydroxylation is 1. The number of thiocarbonyl (C=S) groups is 1. The molecule has 5 heteroatoms. The molecule has 0 saturated carbocycles. The Morgan fingerprint density at radius 2 is 2.17 bits per heavy atom. The third kappa shape index (κ3) is 4.07. The lowest BCUT2D eigenvalue weighted by molar-refractivity contribution is 0.0945. The van der Waals surface area contributed by atoms with Gasteiger partial charge in [-0.2, -0.15) is 0 Å². The van der Waals surface area contributed by atoms with Gasteiger partial charge in [0, 0.05) is 5.56 Å². The number of halogens is 1. The van der Waals surface area contributed by atoms with Crippen LogP contribution < -0.4 is 11.1 Å². The van der Waals surface area contributed by atoms with Crippen molar-refractivity contribution in [3.63, 3.8) is 0 Å². The highest BCUT2D eigenvalue weighted by Crippen LogP contribution is 2.09. The molecule has 0 radical (unpaired) electrons. The Morgan fingerprint density at radius 1 is 1.50 bits per heavy atom. The van der Waals surface area contributed by atoms with E-state index in [1.807, 2.05) is 6.92 Å². The fraction of sp³-hybridized carbons (Fsp3) is 0.385. The summed E-state index contributed by atoms with van der Waals surface area (Å²) in [6.07, 6.45) is 1.53. The minimum Gasteiger partial charge on any atom is -0.392 e. The number of hydrogen-bond donors (Lipinski definition) is 2. The first-order valence-corrected chi connectivity index (χ1v) is 6.22. The summed E-state index contributed by atoms with van der Waals surface area (Å²) in [7, 11) is 0. The van der Waals surface area contributed by atoms with Gasteiger partial charge in [-0.15, -0.1) is 0 Å². The van der Waals surface area contributed by atoms with Gasteiger partial charge in [-0.25, -0.2) is 4.39 Å². The van der Waals surface area contributed by atoms with Gasteiger partial charge in [0.1, 0.15) is 5.82 Å². The zero-order valence-corrected chi connectivity index (χ0v) is 11.3. The van der Waals surface area contributed by atoms with Gasteiger partial charge in [-0.05, 0) is 37.1 Å². The van der Waals surface area contributed by atoms with E-state index in [9.17, 15) is 9.18 Å². The Kier molecular flexibility index (Phi) is 5.22. The molecule has 18 heavy (non-hydrogen) atoms. The molecule has 1 amide bonds. The molecule has 1 atom stereocenters. The van der Waals surface area contributed by atoms with Crippen LogP contribution in [0.1, 0.15) is 35.7 Å². The molecule has 0 aromatic heterocycles. The number of nitrogens with two attached hydrogens (primary N) is 1. The van der Waals surface area contributed by atoms with E-state index in [0.717, 1.165) is 6.42 Å². The number of benzene rings is 1. The normalized spacial score (nSPS) is 11.9. The lowest BCUT2D eigenvalue weighted by Gasteiger charge is -2.16. The van der Waals surface area contributed by atoms with Gasteiger partial charge >= 0.3 is 0 Å². The summed E-state index contributed by atoms with van der Waals surface area (Å²) in [5, 5.41) is 2.72. The van der Waals surface area contributed by atoms with E-state index < -0.39 is 5.82 Å². The molecule has 0 saturated heterocycles. The second-order valence-electron chi connectivity index (χ2n) is 4.23. The van der Waals surface area contributed by atoms with Crippen molar-refractivity contribution in [1.29, 1.82) is 0 Å². The second-order valence-corrected chi connectivity index (χ2v) is 4.71. The lowest BCUT2D eigenvalue weighted by atomic mass is 10.1. The van der Waals surface area contributed by atoms with E-state index in [4.69, 9.17) is 18.0 Å². The molecule has 0 bridgehead atoms. The van der Waals surface area contributed by atoms with Crippen LogP contribution in [-0.2, 0) is 0 Å². The Bertz CT molecular complexity index is 442. The van der Waals surface area contributed by atoms with Gasteiger partial charge in [0.2, 0.25) is 0 Å². The van der Waals surface area contributed by atoms with E-state index in [2.05, 4.69) is 5.32 Å². The molecule has 0 aliphatic heterocycles. The molecule has 1 rings (SSSR count). The molecule has 3 nitrogen and oxygen atoms in total. The third-order valence-corrected chi connectivity index (χ3v) is 2.81. The first-order chi connectivity index (χ1) is 8.43. The number of hydrogen-bond acceptors (Lipinski definition) is 2. The van der Waals surface area contributed by atoms with Crippen LogP contribution >= 0.6 is 12.2 Å². The first kappa shape index (κ1) is 14.6. The van der Waals surface area contributed by atoms with Crippen molar-refractivity contribution in [2.75, 3.05) is 0 Å². The Morgan fingerprint density at radius 3 is 2.67 bits per heavy atom. The molecular weight excluding hydrogens is 251 g/mol. The van der Waals surface area contributed by atoms with Crippen LogP contribution in [0.2, 0.25) is 0 Å². The Hall–Kier alpha value is -1.49. The van der Waals surface area contributed by atoms with Gasteiger partial charge in [-0.3, -0.25) is 4.79 Å². The van der Waals surface area contributed by atoms with Gasteiger partial charge in [0.15, 0.2) is 0 Å². The average Bonchev–Trinajstić information content (AvgIpc) is 2.26. The van der Waals surface area contributed by atoms with Gasteiger partial charge in [-0.1, -0.05) is 25.6 Å². The van der Waals surface area contributed by atoms with Crippen molar-refractivity contribution >= 4 is 23.1 Å². The summed E-state index contributed by atoms with van der Waals surface area (Å²) in [5.41, 5.74) is 6.53. The molecule has 0 aliphatic carbocycles. The molecule has 0 heterocycles. The Balaban J connectivity index is 2.83. The summed E-state index contributed by atoms with van der Waals surface area (Å²) < 4.78 is 13.2. The second kappa shape index (κ2) is 6.44. The SMILES string of the molecule is CCCC(NC(=O)c1cc(C)cc(F)c1)C(N)=S. The zero-order valence-electron chi connectivity index (χ0n) is 10.5. The van der Waals surface area contributed by atoms with Crippen LogP contribution in [0.4, 0.5) is 4.39 Å². The standard InChI is InChI=1S/C13H17FN2OS/c1-3-4-11(12(15)18)16-13(17)9-5-8(2)6-10(14)7-9/h5-7,11H,3-4H2,1-2H3,(H2,15,18)(H,16,17). The summed E-state index contributed by atoms with van der Waals surface area (Å²) in [6.45, 7) is 3.71. The largest absolute Gasteiger partial charge is 0.392 e. The van der Waals surface area contributed by atoms with E-state index in [1.165, 1.54) is 12.1 Å². The van der Waals surface area contributed by atoms with Crippen LogP contribution in [0.25, 0.3) is 0 Å². The highest BCUT2D eigenvalue weighted by molar-refractivity contribution is 7.80. The summed E-state index contributed by atoms with van der Waals surface area (Å²) in [6, 6.07) is 3.85. The van der Waals surface area contributed by atoms with Crippen LogP contribution in [0.5, 0.6) is 0 Å². The Labute approximate surface area is 112 Å². The first-order valence-electron chi connectivity index (χ1n) is 5.81.